The highest BCUT2D eigenvalue weighted by Crippen LogP contribution is 2.23. The molecule has 0 heterocycles. The van der Waals surface area contributed by atoms with E-state index < -0.39 is 12.0 Å². The topological polar surface area (TPSA) is 89.5 Å². The van der Waals surface area contributed by atoms with Gasteiger partial charge in [-0.2, -0.15) is 0 Å². The van der Waals surface area contributed by atoms with Crippen molar-refractivity contribution in [2.75, 3.05) is 13.2 Å². The number of amides is 1. The Morgan fingerprint density at radius 1 is 1.10 bits per heavy atom. The molecule has 0 spiro atoms. The molecule has 3 atom stereocenters. The molecule has 0 aromatic rings. The zero-order chi connectivity index (χ0) is 23.2. The van der Waals surface area contributed by atoms with Gasteiger partial charge in [0.15, 0.2) is 5.78 Å². The van der Waals surface area contributed by atoms with Crippen molar-refractivity contribution in [3.05, 3.63) is 24.3 Å². The first kappa shape index (κ1) is 26.8. The number of ether oxygens (including phenoxy) is 1. The first-order valence-corrected chi connectivity index (χ1v) is 11.4. The zero-order valence-electron chi connectivity index (χ0n) is 19.5. The molecule has 6 nitrogen and oxygen atoms in total. The molecule has 6 heteroatoms. The summed E-state index contributed by atoms with van der Waals surface area (Å²) in [6.07, 6.45) is 11.6. The Labute approximate surface area is 188 Å². The van der Waals surface area contributed by atoms with E-state index in [0.717, 1.165) is 19.1 Å². The number of carbonyl (C=O) groups excluding carboxylic acids is 4. The van der Waals surface area contributed by atoms with Crippen molar-refractivity contribution < 1.29 is 25.3 Å². The summed E-state index contributed by atoms with van der Waals surface area (Å²) in [4.78, 5) is 48.4. The molecule has 0 aromatic carbocycles. The third kappa shape index (κ3) is 12.3. The van der Waals surface area contributed by atoms with Crippen LogP contribution in [0, 0.1) is 29.6 Å². The highest BCUT2D eigenvalue weighted by atomic mass is 16.5. The van der Waals surface area contributed by atoms with Crippen LogP contribution in [0.3, 0.4) is 0 Å². The monoisotopic (exact) mass is 435 g/mol. The van der Waals surface area contributed by atoms with Gasteiger partial charge in [-0.25, -0.2) is 4.79 Å². The van der Waals surface area contributed by atoms with Gasteiger partial charge in [0, 0.05) is 32.0 Å². The first-order valence-electron chi connectivity index (χ1n) is 11.4. The number of ketones is 2. The molecular weight excluding hydrogens is 394 g/mol. The van der Waals surface area contributed by atoms with Crippen LogP contribution < -0.4 is 5.32 Å². The Hall–Kier alpha value is -2.24. The predicted octanol–water partition coefficient (Wildman–Crippen LogP) is 4.92. The maximum atomic E-state index is 12.8. The van der Waals surface area contributed by atoms with Gasteiger partial charge in [-0.15, -0.1) is 0 Å². The van der Waals surface area contributed by atoms with E-state index in [0.29, 0.717) is 18.8 Å². The van der Waals surface area contributed by atoms with Crippen LogP contribution in [0.1, 0.15) is 67.6 Å². The maximum Gasteiger partial charge on any atom is 0.407 e. The predicted molar refractivity (Wildman–Crippen MR) is 124 cm³/mol. The lowest BCUT2D eigenvalue weighted by Gasteiger charge is -2.20. The standard InChI is InChI=1S/C25H39NO5.H2/c1-18(2)11-21(16-27)13-24(29)22(12-19(3)4)14-23(28)15-26-25(30)31-17-20-9-7-5-6-8-10-20;/h5-7,9,16,18-22H,8,10-15,17H2,1-4H3,(H,26,30);1H/t20-,21-,22-;/m1./s1. The third-order valence-electron chi connectivity index (χ3n) is 5.31. The largest absolute Gasteiger partial charge is 0.449 e. The van der Waals surface area contributed by atoms with Crippen LogP contribution in [0.4, 0.5) is 4.79 Å². The molecule has 1 aliphatic rings. The van der Waals surface area contributed by atoms with Crippen LogP contribution in [-0.2, 0) is 19.1 Å². The summed E-state index contributed by atoms with van der Waals surface area (Å²) in [5, 5.41) is 2.50. The Balaban J connectivity index is 0.00000961. The van der Waals surface area contributed by atoms with Crippen molar-refractivity contribution in [2.45, 2.75) is 66.2 Å². The van der Waals surface area contributed by atoms with Gasteiger partial charge in [0.1, 0.15) is 12.1 Å². The van der Waals surface area contributed by atoms with Crippen LogP contribution in [0.15, 0.2) is 24.3 Å². The second-order valence-corrected chi connectivity index (χ2v) is 9.37. The lowest BCUT2D eigenvalue weighted by molar-refractivity contribution is -0.130. The summed E-state index contributed by atoms with van der Waals surface area (Å²) < 4.78 is 5.22. The SMILES string of the molecule is CC(C)C[C@@H](C=O)CC(=O)[C@@H](CC(=O)CNC(=O)OC[C@@H]1C=CC=CCC1)CC(C)C.[HH]. The fourth-order valence-corrected chi connectivity index (χ4v) is 3.81. The maximum absolute atomic E-state index is 12.8. The first-order chi connectivity index (χ1) is 14.7. The van der Waals surface area contributed by atoms with Gasteiger partial charge in [0.05, 0.1) is 13.2 Å². The number of alkyl carbamates (subject to hydrolysis) is 1. The second-order valence-electron chi connectivity index (χ2n) is 9.37. The number of rotatable bonds is 14. The molecule has 1 N–H and O–H groups in total. The number of Topliss-reactive ketones (excluding diaryl/α,β-unsaturated/α-hetero) is 2. The van der Waals surface area contributed by atoms with Crippen LogP contribution >= 0.6 is 0 Å². The van der Waals surface area contributed by atoms with Crippen molar-refractivity contribution in [3.63, 3.8) is 0 Å². The average Bonchev–Trinajstić information content (AvgIpc) is 2.97. The van der Waals surface area contributed by atoms with E-state index in [-0.39, 0.29) is 56.7 Å². The normalized spacial score (nSPS) is 17.8. The summed E-state index contributed by atoms with van der Waals surface area (Å²) in [7, 11) is 0. The van der Waals surface area contributed by atoms with Crippen molar-refractivity contribution >= 4 is 23.9 Å². The molecule has 0 unspecified atom stereocenters. The van der Waals surface area contributed by atoms with Crippen molar-refractivity contribution in [1.29, 1.82) is 0 Å². The smallest absolute Gasteiger partial charge is 0.407 e. The van der Waals surface area contributed by atoms with Crippen LogP contribution in [0.5, 0.6) is 0 Å². The minimum Gasteiger partial charge on any atom is -0.449 e. The van der Waals surface area contributed by atoms with E-state index in [1.54, 1.807) is 0 Å². The molecule has 0 radical (unpaired) electrons. The van der Waals surface area contributed by atoms with Gasteiger partial charge in [-0.05, 0) is 37.5 Å². The number of hydrogen-bond acceptors (Lipinski definition) is 5. The molecule has 0 saturated heterocycles. The van der Waals surface area contributed by atoms with E-state index in [1.165, 1.54) is 0 Å². The minimum atomic E-state index is -0.622. The Kier molecular flexibility index (Phi) is 12.7. The third-order valence-corrected chi connectivity index (χ3v) is 5.31. The fraction of sp³-hybridized carbons (Fsp3) is 0.680. The molecule has 1 rings (SSSR count). The highest BCUT2D eigenvalue weighted by molar-refractivity contribution is 5.90. The van der Waals surface area contributed by atoms with Gasteiger partial charge in [0.2, 0.25) is 0 Å². The van der Waals surface area contributed by atoms with E-state index in [1.807, 2.05) is 45.9 Å². The van der Waals surface area contributed by atoms with Crippen molar-refractivity contribution in [3.8, 4) is 0 Å². The van der Waals surface area contributed by atoms with Crippen LogP contribution in [0.2, 0.25) is 0 Å². The molecule has 1 aliphatic carbocycles. The van der Waals surface area contributed by atoms with Gasteiger partial charge in [-0.1, -0.05) is 52.0 Å². The molecule has 0 aromatic heterocycles. The quantitative estimate of drug-likeness (QED) is 0.391. The summed E-state index contributed by atoms with van der Waals surface area (Å²) in [6.45, 7) is 8.15. The molecule has 0 saturated carbocycles. The molecule has 31 heavy (non-hydrogen) atoms. The number of nitrogens with one attached hydrogen (secondary N) is 1. The molecule has 0 aliphatic heterocycles. The molecular formula is C25H41NO5. The molecule has 0 fully saturated rings. The minimum absolute atomic E-state index is 0. The Bertz CT molecular complexity index is 657. The number of hydrogen-bond donors (Lipinski definition) is 1. The number of allylic oxidation sites excluding steroid dienone is 3. The van der Waals surface area contributed by atoms with Gasteiger partial charge < -0.3 is 14.8 Å². The molecule has 176 valence electrons. The van der Waals surface area contributed by atoms with Crippen LogP contribution in [0.25, 0.3) is 0 Å². The van der Waals surface area contributed by atoms with E-state index in [9.17, 15) is 19.2 Å². The van der Waals surface area contributed by atoms with E-state index in [2.05, 4.69) is 11.4 Å². The summed E-state index contributed by atoms with van der Waals surface area (Å²) in [5.41, 5.74) is 0. The van der Waals surface area contributed by atoms with E-state index in [4.69, 9.17) is 4.74 Å². The summed E-state index contributed by atoms with van der Waals surface area (Å²) in [6, 6.07) is 0. The summed E-state index contributed by atoms with van der Waals surface area (Å²) in [5.74, 6) is -0.241. The molecule has 0 bridgehead atoms. The Morgan fingerprint density at radius 3 is 2.45 bits per heavy atom. The second kappa shape index (κ2) is 14.7. The zero-order valence-corrected chi connectivity index (χ0v) is 19.5. The lowest BCUT2D eigenvalue weighted by atomic mass is 9.83. The van der Waals surface area contributed by atoms with Gasteiger partial charge in [-0.3, -0.25) is 9.59 Å². The van der Waals surface area contributed by atoms with E-state index >= 15 is 0 Å². The average molecular weight is 436 g/mol. The van der Waals surface area contributed by atoms with Gasteiger partial charge >= 0.3 is 6.09 Å². The fourth-order valence-electron chi connectivity index (χ4n) is 3.81. The highest BCUT2D eigenvalue weighted by Gasteiger charge is 2.26. The lowest BCUT2D eigenvalue weighted by Crippen LogP contribution is -2.33. The Morgan fingerprint density at radius 2 is 1.81 bits per heavy atom. The summed E-state index contributed by atoms with van der Waals surface area (Å²) >= 11 is 0. The van der Waals surface area contributed by atoms with Gasteiger partial charge in [0.25, 0.3) is 0 Å². The van der Waals surface area contributed by atoms with Crippen molar-refractivity contribution in [1.82, 2.24) is 5.32 Å². The van der Waals surface area contributed by atoms with Crippen molar-refractivity contribution in [2.24, 2.45) is 29.6 Å². The number of aldehydes is 1. The van der Waals surface area contributed by atoms with Crippen LogP contribution in [-0.4, -0.2) is 37.1 Å². The molecule has 1 amide bonds. The number of carbonyl (C=O) groups is 4.